The maximum absolute atomic E-state index is 11.5. The minimum Gasteiger partial charge on any atom is -0.481 e. The molecule has 0 amide bonds. The highest BCUT2D eigenvalue weighted by Gasteiger charge is 2.51. The van der Waals surface area contributed by atoms with Crippen LogP contribution < -0.4 is 5.73 Å². The van der Waals surface area contributed by atoms with Crippen molar-refractivity contribution in [2.45, 2.75) is 24.2 Å². The fourth-order valence-corrected chi connectivity index (χ4v) is 5.11. The summed E-state index contributed by atoms with van der Waals surface area (Å²) in [6.07, 6.45) is 0.640. The van der Waals surface area contributed by atoms with Crippen molar-refractivity contribution in [1.82, 2.24) is 0 Å². The van der Waals surface area contributed by atoms with Gasteiger partial charge in [0.15, 0.2) is 0 Å². The van der Waals surface area contributed by atoms with Crippen LogP contribution in [0, 0.1) is 0 Å². The number of hydrogen-bond acceptors (Lipinski definition) is 2. The van der Waals surface area contributed by atoms with Crippen LogP contribution >= 0.6 is 0 Å². The van der Waals surface area contributed by atoms with Crippen molar-refractivity contribution in [3.8, 4) is 0 Å². The van der Waals surface area contributed by atoms with Crippen molar-refractivity contribution in [1.29, 1.82) is 0 Å². The highest BCUT2D eigenvalue weighted by atomic mass is 16.4. The van der Waals surface area contributed by atoms with Gasteiger partial charge in [0.2, 0.25) is 0 Å². The minimum absolute atomic E-state index is 0.113. The summed E-state index contributed by atoms with van der Waals surface area (Å²) in [5, 5.41) is 9.44. The Morgan fingerprint density at radius 1 is 0.885 bits per heavy atom. The van der Waals surface area contributed by atoms with Crippen LogP contribution in [0.25, 0.3) is 0 Å². The molecule has 0 atom stereocenters. The molecule has 3 aliphatic rings. The van der Waals surface area contributed by atoms with Crippen LogP contribution in [0.2, 0.25) is 0 Å². The van der Waals surface area contributed by atoms with E-state index in [9.17, 15) is 9.90 Å². The van der Waals surface area contributed by atoms with Gasteiger partial charge in [-0.15, -0.1) is 0 Å². The van der Waals surface area contributed by atoms with Gasteiger partial charge >= 0.3 is 5.97 Å². The lowest BCUT2D eigenvalue weighted by atomic mass is 9.51. The Bertz CT molecular complexity index is 1010. The Balaban J connectivity index is 1.91. The standard InChI is InChI=1S/C23H19NO2/c24-14-9-10-17-20(13-14)23(12-11-21(25)26)18-7-3-1-5-15(18)22(17)16-6-2-4-8-19(16)23/h1-10,13,22H,11-12,24H2,(H,25,26). The molecule has 0 aromatic heterocycles. The molecule has 0 fully saturated rings. The Labute approximate surface area is 152 Å². The van der Waals surface area contributed by atoms with Gasteiger partial charge in [0.25, 0.3) is 0 Å². The van der Waals surface area contributed by atoms with Crippen LogP contribution in [0.5, 0.6) is 0 Å². The van der Waals surface area contributed by atoms with E-state index in [0.717, 1.165) is 5.69 Å². The van der Waals surface area contributed by atoms with Crippen molar-refractivity contribution in [2.24, 2.45) is 0 Å². The van der Waals surface area contributed by atoms with Gasteiger partial charge in [-0.25, -0.2) is 0 Å². The monoisotopic (exact) mass is 341 g/mol. The predicted octanol–water partition coefficient (Wildman–Crippen LogP) is 4.28. The van der Waals surface area contributed by atoms with Gasteiger partial charge in [0.05, 0.1) is 0 Å². The van der Waals surface area contributed by atoms with Gasteiger partial charge in [-0.3, -0.25) is 4.79 Å². The van der Waals surface area contributed by atoms with Crippen LogP contribution in [0.4, 0.5) is 5.69 Å². The minimum atomic E-state index is -0.771. The topological polar surface area (TPSA) is 63.3 Å². The molecule has 2 bridgehead atoms. The summed E-state index contributed by atoms with van der Waals surface area (Å²) in [7, 11) is 0. The lowest BCUT2D eigenvalue weighted by molar-refractivity contribution is -0.137. The van der Waals surface area contributed by atoms with E-state index in [1.165, 1.54) is 33.4 Å². The molecule has 3 nitrogen and oxygen atoms in total. The van der Waals surface area contributed by atoms with E-state index in [-0.39, 0.29) is 12.3 Å². The molecule has 3 aliphatic carbocycles. The second kappa shape index (κ2) is 5.21. The fourth-order valence-electron chi connectivity index (χ4n) is 5.11. The van der Waals surface area contributed by atoms with E-state index in [2.05, 4.69) is 60.7 Å². The normalized spacial score (nSPS) is 21.6. The van der Waals surface area contributed by atoms with E-state index in [1.54, 1.807) is 0 Å². The quantitative estimate of drug-likeness (QED) is 0.699. The smallest absolute Gasteiger partial charge is 0.303 e. The molecule has 6 rings (SSSR count). The summed E-state index contributed by atoms with van der Waals surface area (Å²) in [4.78, 5) is 11.5. The Morgan fingerprint density at radius 2 is 1.46 bits per heavy atom. The van der Waals surface area contributed by atoms with Crippen LogP contribution in [0.1, 0.15) is 52.1 Å². The third kappa shape index (κ3) is 1.80. The number of benzene rings is 3. The number of hydrogen-bond donors (Lipinski definition) is 2. The Morgan fingerprint density at radius 3 is 2.08 bits per heavy atom. The predicted molar refractivity (Wildman–Crippen MR) is 101 cm³/mol. The molecule has 0 heterocycles. The first-order valence-electron chi connectivity index (χ1n) is 8.93. The zero-order valence-electron chi connectivity index (χ0n) is 14.3. The van der Waals surface area contributed by atoms with E-state index in [0.29, 0.717) is 6.42 Å². The van der Waals surface area contributed by atoms with Gasteiger partial charge in [-0.05, 0) is 51.9 Å². The number of rotatable bonds is 3. The fraction of sp³-hybridized carbons (Fsp3) is 0.174. The first kappa shape index (κ1) is 15.2. The van der Waals surface area contributed by atoms with Crippen molar-refractivity contribution >= 4 is 11.7 Å². The summed E-state index contributed by atoms with van der Waals surface area (Å²) >= 11 is 0. The molecule has 3 aromatic rings. The molecule has 3 aromatic carbocycles. The summed E-state index contributed by atoms with van der Waals surface area (Å²) in [6.45, 7) is 0. The lowest BCUT2D eigenvalue weighted by Crippen LogP contribution is -2.42. The SMILES string of the molecule is Nc1ccc2c(c1)C1(CCC(=O)O)c3ccccc3C2c2ccccc21. The van der Waals surface area contributed by atoms with Crippen molar-refractivity contribution in [2.75, 3.05) is 5.73 Å². The van der Waals surface area contributed by atoms with Gasteiger partial charge in [-0.2, -0.15) is 0 Å². The first-order chi connectivity index (χ1) is 12.6. The summed E-state index contributed by atoms with van der Waals surface area (Å²) in [6, 6.07) is 23.1. The van der Waals surface area contributed by atoms with Crippen molar-refractivity contribution in [3.63, 3.8) is 0 Å². The summed E-state index contributed by atoms with van der Waals surface area (Å²) < 4.78 is 0. The summed E-state index contributed by atoms with van der Waals surface area (Å²) in [5.74, 6) is -0.586. The van der Waals surface area contributed by atoms with E-state index in [1.807, 2.05) is 6.07 Å². The van der Waals surface area contributed by atoms with Crippen LogP contribution in [-0.2, 0) is 10.2 Å². The lowest BCUT2D eigenvalue weighted by Gasteiger charge is -2.51. The molecule has 3 N–H and O–H groups in total. The molecule has 0 radical (unpaired) electrons. The number of carbonyl (C=O) groups is 1. The highest BCUT2D eigenvalue weighted by molar-refractivity contribution is 5.75. The van der Waals surface area contributed by atoms with Crippen molar-refractivity contribution < 1.29 is 9.90 Å². The van der Waals surface area contributed by atoms with E-state index in [4.69, 9.17) is 5.73 Å². The second-order valence-electron chi connectivity index (χ2n) is 7.25. The maximum atomic E-state index is 11.5. The third-order valence-electron chi connectivity index (χ3n) is 6.03. The number of nitrogens with two attached hydrogens (primary N) is 1. The highest BCUT2D eigenvalue weighted by Crippen LogP contribution is 2.60. The molecular weight excluding hydrogens is 322 g/mol. The van der Waals surface area contributed by atoms with Crippen LogP contribution in [0.3, 0.4) is 0 Å². The molecule has 0 saturated carbocycles. The number of nitrogen functional groups attached to an aromatic ring is 1. The molecule has 0 aliphatic heterocycles. The number of carboxylic acids is 1. The molecule has 0 spiro atoms. The maximum Gasteiger partial charge on any atom is 0.303 e. The molecular formula is C23H19NO2. The number of anilines is 1. The summed E-state index contributed by atoms with van der Waals surface area (Å²) in [5.41, 5.74) is 13.9. The molecule has 26 heavy (non-hydrogen) atoms. The largest absolute Gasteiger partial charge is 0.481 e. The second-order valence-corrected chi connectivity index (χ2v) is 7.25. The average Bonchev–Trinajstić information content (AvgIpc) is 2.66. The number of aliphatic carboxylic acids is 1. The molecule has 3 heteroatoms. The average molecular weight is 341 g/mol. The van der Waals surface area contributed by atoms with Gasteiger partial charge < -0.3 is 10.8 Å². The van der Waals surface area contributed by atoms with Gasteiger partial charge in [0, 0.05) is 23.4 Å². The van der Waals surface area contributed by atoms with E-state index >= 15 is 0 Å². The number of carboxylic acid groups (broad SMARTS) is 1. The molecule has 0 unspecified atom stereocenters. The zero-order chi connectivity index (χ0) is 17.9. The Hall–Kier alpha value is -3.07. The van der Waals surface area contributed by atoms with Gasteiger partial charge in [-0.1, -0.05) is 54.6 Å². The van der Waals surface area contributed by atoms with Crippen molar-refractivity contribution in [3.05, 3.63) is 100 Å². The van der Waals surface area contributed by atoms with Crippen LogP contribution in [0.15, 0.2) is 66.7 Å². The molecule has 0 saturated heterocycles. The Kier molecular flexibility index (Phi) is 3.05. The molecule has 128 valence electrons. The zero-order valence-corrected chi connectivity index (χ0v) is 14.3. The van der Waals surface area contributed by atoms with Gasteiger partial charge in [0.1, 0.15) is 0 Å². The third-order valence-corrected chi connectivity index (χ3v) is 6.03. The van der Waals surface area contributed by atoms with E-state index < -0.39 is 11.4 Å². The van der Waals surface area contributed by atoms with Crippen LogP contribution in [-0.4, -0.2) is 11.1 Å². The first-order valence-corrected chi connectivity index (χ1v) is 8.93.